The van der Waals surface area contributed by atoms with Gasteiger partial charge in [0.2, 0.25) is 17.7 Å². The van der Waals surface area contributed by atoms with E-state index in [1.165, 1.54) is 19.4 Å². The summed E-state index contributed by atoms with van der Waals surface area (Å²) in [6, 6.07) is -3.56. The summed E-state index contributed by atoms with van der Waals surface area (Å²) < 4.78 is 0. The van der Waals surface area contributed by atoms with Crippen molar-refractivity contribution in [2.75, 3.05) is 13.1 Å². The number of nitrogens with two attached hydrogens (primary N) is 3. The Bertz CT molecular complexity index is 823. The van der Waals surface area contributed by atoms with Crippen molar-refractivity contribution in [1.82, 2.24) is 25.9 Å². The largest absolute Gasteiger partial charge is 0.480 e. The molecular formula is C18H31N9O6. The predicted octanol–water partition coefficient (Wildman–Crippen LogP) is -4.12. The first kappa shape index (κ1) is 27.3. The Kier molecular flexibility index (Phi) is 11.3. The number of aliphatic imine (C=N–C) groups is 1. The summed E-state index contributed by atoms with van der Waals surface area (Å²) in [5, 5.41) is 25.4. The highest BCUT2D eigenvalue weighted by molar-refractivity contribution is 5.92. The molecule has 12 N–H and O–H groups in total. The van der Waals surface area contributed by atoms with E-state index >= 15 is 0 Å². The van der Waals surface area contributed by atoms with Crippen LogP contribution in [0.2, 0.25) is 0 Å². The van der Waals surface area contributed by atoms with Gasteiger partial charge in [-0.3, -0.25) is 19.4 Å². The summed E-state index contributed by atoms with van der Waals surface area (Å²) in [6.45, 7) is 0.920. The number of guanidine groups is 1. The van der Waals surface area contributed by atoms with E-state index < -0.39 is 54.5 Å². The lowest BCUT2D eigenvalue weighted by molar-refractivity contribution is -0.144. The molecule has 0 radical (unpaired) electrons. The number of carboxylic acids is 1. The Labute approximate surface area is 189 Å². The van der Waals surface area contributed by atoms with Crippen LogP contribution in [0.5, 0.6) is 0 Å². The summed E-state index contributed by atoms with van der Waals surface area (Å²) in [5.41, 5.74) is 16.9. The highest BCUT2D eigenvalue weighted by Gasteiger charge is 2.27. The minimum absolute atomic E-state index is 0.0331. The Morgan fingerprint density at radius 1 is 1.21 bits per heavy atom. The number of H-pyrrole nitrogens is 1. The number of carbonyl (C=O) groups is 4. The normalized spacial score (nSPS) is 14.3. The molecule has 4 atom stereocenters. The number of hydrogen-bond acceptors (Lipinski definition) is 8. The number of amides is 3. The van der Waals surface area contributed by atoms with Crippen molar-refractivity contribution in [3.63, 3.8) is 0 Å². The number of aromatic amines is 1. The maximum absolute atomic E-state index is 12.6. The van der Waals surface area contributed by atoms with Crippen LogP contribution in [-0.4, -0.2) is 87.2 Å². The molecule has 33 heavy (non-hydrogen) atoms. The van der Waals surface area contributed by atoms with Crippen LogP contribution in [0, 0.1) is 0 Å². The molecule has 0 aromatic carbocycles. The summed E-state index contributed by atoms with van der Waals surface area (Å²) in [6.07, 6.45) is 2.26. The van der Waals surface area contributed by atoms with E-state index in [2.05, 4.69) is 30.9 Å². The Balaban J connectivity index is 2.70. The van der Waals surface area contributed by atoms with E-state index in [0.29, 0.717) is 18.7 Å². The van der Waals surface area contributed by atoms with Crippen LogP contribution in [0.25, 0.3) is 0 Å². The van der Waals surface area contributed by atoms with E-state index in [4.69, 9.17) is 22.3 Å². The molecule has 0 aliphatic rings. The SMILES string of the molecule is CC(O)C(NC(=O)CNC(=O)C(Cc1cnc[nH]1)NC(=O)C(N)CCCN=C(N)N)C(=O)O. The zero-order chi connectivity index (χ0) is 25.0. The Hall–Kier alpha value is -3.72. The van der Waals surface area contributed by atoms with Crippen LogP contribution in [0.15, 0.2) is 17.5 Å². The van der Waals surface area contributed by atoms with Crippen LogP contribution in [-0.2, 0) is 25.6 Å². The minimum atomic E-state index is -1.54. The lowest BCUT2D eigenvalue weighted by Gasteiger charge is -2.21. The molecule has 0 fully saturated rings. The number of aromatic nitrogens is 2. The maximum Gasteiger partial charge on any atom is 0.328 e. The maximum atomic E-state index is 12.6. The summed E-state index contributed by atoms with van der Waals surface area (Å²) in [7, 11) is 0. The number of aliphatic hydroxyl groups is 1. The number of aliphatic hydroxyl groups excluding tert-OH is 1. The molecule has 1 aromatic heterocycles. The molecule has 0 spiro atoms. The van der Waals surface area contributed by atoms with Gasteiger partial charge in [0, 0.05) is 24.9 Å². The van der Waals surface area contributed by atoms with E-state index in [1.54, 1.807) is 0 Å². The molecule has 3 amide bonds. The molecule has 15 heteroatoms. The van der Waals surface area contributed by atoms with E-state index in [0.717, 1.165) is 0 Å². The van der Waals surface area contributed by atoms with Crippen molar-refractivity contribution in [2.45, 2.75) is 50.4 Å². The molecule has 1 aromatic rings. The predicted molar refractivity (Wildman–Crippen MR) is 116 cm³/mol. The fraction of sp³-hybridized carbons (Fsp3) is 0.556. The van der Waals surface area contributed by atoms with Gasteiger partial charge in [-0.25, -0.2) is 9.78 Å². The number of rotatable bonds is 14. The topological polar surface area (TPSA) is 264 Å². The van der Waals surface area contributed by atoms with Crippen LogP contribution in [0.3, 0.4) is 0 Å². The lowest BCUT2D eigenvalue weighted by atomic mass is 10.1. The third kappa shape index (κ3) is 10.4. The van der Waals surface area contributed by atoms with Crippen molar-refractivity contribution < 1.29 is 29.4 Å². The van der Waals surface area contributed by atoms with Crippen molar-refractivity contribution in [3.05, 3.63) is 18.2 Å². The molecule has 0 aliphatic heterocycles. The van der Waals surface area contributed by atoms with Crippen molar-refractivity contribution in [2.24, 2.45) is 22.2 Å². The number of nitrogens with zero attached hydrogens (tertiary/aromatic N) is 2. The molecule has 0 aliphatic carbocycles. The first-order valence-corrected chi connectivity index (χ1v) is 10.1. The van der Waals surface area contributed by atoms with Gasteiger partial charge in [0.25, 0.3) is 0 Å². The third-order valence-corrected chi connectivity index (χ3v) is 4.40. The number of imidazole rings is 1. The van der Waals surface area contributed by atoms with Gasteiger partial charge in [0.05, 0.1) is 25.0 Å². The lowest BCUT2D eigenvalue weighted by Crippen LogP contribution is -2.55. The van der Waals surface area contributed by atoms with Crippen molar-refractivity contribution in [3.8, 4) is 0 Å². The second-order valence-electron chi connectivity index (χ2n) is 7.24. The molecule has 15 nitrogen and oxygen atoms in total. The monoisotopic (exact) mass is 469 g/mol. The summed E-state index contributed by atoms with van der Waals surface area (Å²) >= 11 is 0. The Morgan fingerprint density at radius 3 is 2.45 bits per heavy atom. The Morgan fingerprint density at radius 2 is 1.91 bits per heavy atom. The van der Waals surface area contributed by atoms with Gasteiger partial charge < -0.3 is 48.3 Å². The number of aliphatic carboxylic acids is 1. The second-order valence-corrected chi connectivity index (χ2v) is 7.24. The van der Waals surface area contributed by atoms with Gasteiger partial charge in [-0.15, -0.1) is 0 Å². The highest BCUT2D eigenvalue weighted by atomic mass is 16.4. The molecular weight excluding hydrogens is 438 g/mol. The van der Waals surface area contributed by atoms with Crippen LogP contribution < -0.4 is 33.2 Å². The highest BCUT2D eigenvalue weighted by Crippen LogP contribution is 2.02. The first-order chi connectivity index (χ1) is 15.5. The minimum Gasteiger partial charge on any atom is -0.480 e. The number of hydrogen-bond donors (Lipinski definition) is 9. The van der Waals surface area contributed by atoms with Gasteiger partial charge in [-0.1, -0.05) is 0 Å². The molecule has 4 unspecified atom stereocenters. The van der Waals surface area contributed by atoms with Crippen LogP contribution >= 0.6 is 0 Å². The second kappa shape index (κ2) is 13.6. The van der Waals surface area contributed by atoms with Crippen molar-refractivity contribution in [1.29, 1.82) is 0 Å². The van der Waals surface area contributed by atoms with Crippen molar-refractivity contribution >= 4 is 29.7 Å². The fourth-order valence-corrected chi connectivity index (χ4v) is 2.66. The molecule has 1 rings (SSSR count). The van der Waals surface area contributed by atoms with Gasteiger partial charge in [-0.05, 0) is 19.8 Å². The summed E-state index contributed by atoms with van der Waals surface area (Å²) in [4.78, 5) is 58.6. The summed E-state index contributed by atoms with van der Waals surface area (Å²) in [5.74, 6) is -3.63. The zero-order valence-corrected chi connectivity index (χ0v) is 18.2. The van der Waals surface area contributed by atoms with Gasteiger partial charge in [0.1, 0.15) is 6.04 Å². The van der Waals surface area contributed by atoms with E-state index in [9.17, 15) is 24.3 Å². The van der Waals surface area contributed by atoms with Crippen LogP contribution in [0.4, 0.5) is 0 Å². The molecule has 0 saturated heterocycles. The smallest absolute Gasteiger partial charge is 0.328 e. The average Bonchev–Trinajstić information content (AvgIpc) is 3.25. The van der Waals surface area contributed by atoms with Gasteiger partial charge in [0.15, 0.2) is 12.0 Å². The molecule has 0 bridgehead atoms. The molecule has 0 saturated carbocycles. The van der Waals surface area contributed by atoms with Gasteiger partial charge >= 0.3 is 5.97 Å². The molecule has 184 valence electrons. The quantitative estimate of drug-likeness (QED) is 0.0721. The first-order valence-electron chi connectivity index (χ1n) is 10.1. The van der Waals surface area contributed by atoms with E-state index in [-0.39, 0.29) is 18.8 Å². The third-order valence-electron chi connectivity index (χ3n) is 4.40. The number of carboxylic acid groups (broad SMARTS) is 1. The number of carbonyl (C=O) groups excluding carboxylic acids is 3. The zero-order valence-electron chi connectivity index (χ0n) is 18.2. The fourth-order valence-electron chi connectivity index (χ4n) is 2.66. The van der Waals surface area contributed by atoms with Crippen LogP contribution in [0.1, 0.15) is 25.5 Å². The molecule has 1 heterocycles. The van der Waals surface area contributed by atoms with E-state index in [1.807, 2.05) is 0 Å². The number of nitrogens with one attached hydrogen (secondary N) is 4. The standard InChI is InChI=1S/C18H31N9O6/c1-9(28)14(17(32)33)27-13(29)7-24-16(31)12(5-10-6-22-8-25-10)26-15(30)11(19)3-2-4-23-18(20)21/h6,8-9,11-12,14,28H,2-5,7,19H2,1H3,(H,22,25)(H,24,31)(H,26,30)(H,27,29)(H,32,33)(H4,20,21,23). The van der Waals surface area contributed by atoms with Gasteiger partial charge in [-0.2, -0.15) is 0 Å². The average molecular weight is 470 g/mol.